The fourth-order valence-electron chi connectivity index (χ4n) is 2.07. The molecule has 4 nitrogen and oxygen atoms in total. The Bertz CT molecular complexity index is 542. The molecule has 0 fully saturated rings. The maximum Gasteiger partial charge on any atom is 0.0587 e. The van der Waals surface area contributed by atoms with Gasteiger partial charge in [-0.05, 0) is 30.2 Å². The number of aromatic nitrogens is 2. The van der Waals surface area contributed by atoms with Crippen molar-refractivity contribution < 1.29 is 4.74 Å². The van der Waals surface area contributed by atoms with Crippen molar-refractivity contribution >= 4 is 11.8 Å². The zero-order valence-electron chi connectivity index (χ0n) is 12.7. The summed E-state index contributed by atoms with van der Waals surface area (Å²) in [5.74, 6) is 1.07. The van der Waals surface area contributed by atoms with Crippen LogP contribution in [0, 0.1) is 0 Å². The molecule has 0 radical (unpaired) electrons. The molecule has 0 saturated heterocycles. The molecule has 0 unspecified atom stereocenters. The highest BCUT2D eigenvalue weighted by atomic mass is 32.2. The Labute approximate surface area is 130 Å². The average Bonchev–Trinajstić information content (AvgIpc) is 2.90. The first-order valence-corrected chi connectivity index (χ1v) is 8.16. The second-order valence-corrected chi connectivity index (χ2v) is 6.03. The number of thioether (sulfide) groups is 1. The number of rotatable bonds is 9. The Morgan fingerprint density at radius 2 is 2.24 bits per heavy atom. The molecule has 0 bridgehead atoms. The van der Waals surface area contributed by atoms with E-state index in [9.17, 15) is 0 Å². The zero-order chi connectivity index (χ0) is 14.9. The molecule has 2 aromatic rings. The van der Waals surface area contributed by atoms with E-state index in [2.05, 4.69) is 40.7 Å². The van der Waals surface area contributed by atoms with E-state index in [0.29, 0.717) is 0 Å². The van der Waals surface area contributed by atoms with E-state index in [0.717, 1.165) is 31.9 Å². The van der Waals surface area contributed by atoms with Gasteiger partial charge in [-0.25, -0.2) is 0 Å². The Morgan fingerprint density at radius 1 is 1.33 bits per heavy atom. The van der Waals surface area contributed by atoms with Crippen LogP contribution in [0.4, 0.5) is 0 Å². The van der Waals surface area contributed by atoms with E-state index in [1.165, 1.54) is 16.2 Å². The molecule has 0 atom stereocenters. The molecule has 0 aliphatic carbocycles. The topological polar surface area (TPSA) is 39.1 Å². The third-order valence-electron chi connectivity index (χ3n) is 3.26. The number of benzene rings is 1. The number of hydrogen-bond donors (Lipinski definition) is 1. The molecule has 2 rings (SSSR count). The second kappa shape index (κ2) is 8.87. The van der Waals surface area contributed by atoms with Crippen molar-refractivity contribution in [3.05, 3.63) is 47.8 Å². The van der Waals surface area contributed by atoms with Gasteiger partial charge in [0.2, 0.25) is 0 Å². The molecule has 1 aromatic heterocycles. The van der Waals surface area contributed by atoms with Gasteiger partial charge in [-0.2, -0.15) is 5.10 Å². The maximum absolute atomic E-state index is 5.03. The highest BCUT2D eigenvalue weighted by Gasteiger charge is 2.01. The molecule has 0 saturated carbocycles. The van der Waals surface area contributed by atoms with E-state index in [-0.39, 0.29) is 0 Å². The quantitative estimate of drug-likeness (QED) is 0.571. The summed E-state index contributed by atoms with van der Waals surface area (Å²) in [6.45, 7) is 2.52. The molecule has 0 amide bonds. The Hall–Kier alpha value is -1.30. The lowest BCUT2D eigenvalue weighted by Gasteiger charge is -2.07. The van der Waals surface area contributed by atoms with E-state index >= 15 is 0 Å². The Morgan fingerprint density at radius 3 is 3.00 bits per heavy atom. The number of nitrogens with one attached hydrogen (secondary N) is 1. The van der Waals surface area contributed by atoms with Gasteiger partial charge in [0.1, 0.15) is 0 Å². The van der Waals surface area contributed by atoms with Gasteiger partial charge >= 0.3 is 0 Å². The summed E-state index contributed by atoms with van der Waals surface area (Å²) in [6, 6.07) is 10.8. The SMILES string of the molecule is COCCNCc1cccc(SCCc2ccnn2C)c1. The first kappa shape index (κ1) is 16.1. The standard InChI is InChI=1S/C16H23N3OS/c1-19-15(6-8-18-19)7-11-21-16-5-3-4-14(12-16)13-17-9-10-20-2/h3-6,8,12,17H,7,9-11,13H2,1-2H3. The van der Waals surface area contributed by atoms with Crippen LogP contribution >= 0.6 is 11.8 Å². The first-order chi connectivity index (χ1) is 10.3. The van der Waals surface area contributed by atoms with Gasteiger partial charge in [0, 0.05) is 49.8 Å². The van der Waals surface area contributed by atoms with E-state index in [1.54, 1.807) is 7.11 Å². The van der Waals surface area contributed by atoms with Crippen molar-refractivity contribution in [2.45, 2.75) is 17.9 Å². The number of nitrogens with zero attached hydrogens (tertiary/aromatic N) is 2. The van der Waals surface area contributed by atoms with Crippen LogP contribution in [0.2, 0.25) is 0 Å². The summed E-state index contributed by atoms with van der Waals surface area (Å²) in [5.41, 5.74) is 2.59. The first-order valence-electron chi connectivity index (χ1n) is 7.18. The predicted octanol–water partition coefficient (Wildman–Crippen LogP) is 2.49. The van der Waals surface area contributed by atoms with E-state index < -0.39 is 0 Å². The van der Waals surface area contributed by atoms with Crippen molar-refractivity contribution in [2.75, 3.05) is 26.0 Å². The predicted molar refractivity (Wildman–Crippen MR) is 87.7 cm³/mol. The van der Waals surface area contributed by atoms with Crippen LogP contribution < -0.4 is 5.32 Å². The van der Waals surface area contributed by atoms with Crippen molar-refractivity contribution in [3.63, 3.8) is 0 Å². The number of methoxy groups -OCH3 is 1. The lowest BCUT2D eigenvalue weighted by atomic mass is 10.2. The van der Waals surface area contributed by atoms with Crippen molar-refractivity contribution in [3.8, 4) is 0 Å². The molecule has 1 N–H and O–H groups in total. The Balaban J connectivity index is 1.76. The van der Waals surface area contributed by atoms with Crippen LogP contribution in [-0.4, -0.2) is 35.8 Å². The molecule has 0 spiro atoms. The molecule has 5 heteroatoms. The lowest BCUT2D eigenvalue weighted by Crippen LogP contribution is -2.18. The zero-order valence-corrected chi connectivity index (χ0v) is 13.5. The fourth-order valence-corrected chi connectivity index (χ4v) is 3.03. The minimum atomic E-state index is 0.749. The van der Waals surface area contributed by atoms with E-state index in [4.69, 9.17) is 4.74 Å². The number of hydrogen-bond acceptors (Lipinski definition) is 4. The van der Waals surface area contributed by atoms with Crippen molar-refractivity contribution in [2.24, 2.45) is 7.05 Å². The summed E-state index contributed by atoms with van der Waals surface area (Å²) in [7, 11) is 3.72. The van der Waals surface area contributed by atoms with Crippen LogP contribution in [0.15, 0.2) is 41.4 Å². The maximum atomic E-state index is 5.03. The van der Waals surface area contributed by atoms with Gasteiger partial charge in [0.15, 0.2) is 0 Å². The minimum absolute atomic E-state index is 0.749. The van der Waals surface area contributed by atoms with Crippen LogP contribution in [0.25, 0.3) is 0 Å². The second-order valence-electron chi connectivity index (χ2n) is 4.86. The van der Waals surface area contributed by atoms with Crippen LogP contribution in [0.5, 0.6) is 0 Å². The van der Waals surface area contributed by atoms with Crippen molar-refractivity contribution in [1.82, 2.24) is 15.1 Å². The van der Waals surface area contributed by atoms with Crippen LogP contribution in [0.3, 0.4) is 0 Å². The molecule has 1 aromatic carbocycles. The normalized spacial score (nSPS) is 11.0. The monoisotopic (exact) mass is 305 g/mol. The highest BCUT2D eigenvalue weighted by Crippen LogP contribution is 2.20. The molecule has 1 heterocycles. The third-order valence-corrected chi connectivity index (χ3v) is 4.26. The molecule has 0 aliphatic heterocycles. The molecule has 0 aliphatic rings. The largest absolute Gasteiger partial charge is 0.383 e. The van der Waals surface area contributed by atoms with Crippen molar-refractivity contribution in [1.29, 1.82) is 0 Å². The summed E-state index contributed by atoms with van der Waals surface area (Å²) < 4.78 is 6.97. The van der Waals surface area contributed by atoms with Gasteiger partial charge in [-0.1, -0.05) is 12.1 Å². The highest BCUT2D eigenvalue weighted by molar-refractivity contribution is 7.99. The lowest BCUT2D eigenvalue weighted by molar-refractivity contribution is 0.199. The van der Waals surface area contributed by atoms with Gasteiger partial charge < -0.3 is 10.1 Å². The summed E-state index contributed by atoms with van der Waals surface area (Å²) >= 11 is 1.89. The smallest absolute Gasteiger partial charge is 0.0587 e. The summed E-state index contributed by atoms with van der Waals surface area (Å²) in [4.78, 5) is 1.32. The molecular formula is C16H23N3OS. The third kappa shape index (κ3) is 5.53. The summed E-state index contributed by atoms with van der Waals surface area (Å²) in [5, 5.41) is 7.56. The molecule has 21 heavy (non-hydrogen) atoms. The average molecular weight is 305 g/mol. The molecule has 114 valence electrons. The number of ether oxygens (including phenoxy) is 1. The Kier molecular flexibility index (Phi) is 6.79. The minimum Gasteiger partial charge on any atom is -0.383 e. The fraction of sp³-hybridized carbons (Fsp3) is 0.438. The van der Waals surface area contributed by atoms with Crippen LogP contribution in [-0.2, 0) is 24.8 Å². The van der Waals surface area contributed by atoms with Crippen LogP contribution in [0.1, 0.15) is 11.3 Å². The molecular weight excluding hydrogens is 282 g/mol. The number of aryl methyl sites for hydroxylation is 2. The van der Waals surface area contributed by atoms with Gasteiger partial charge in [-0.15, -0.1) is 11.8 Å². The summed E-state index contributed by atoms with van der Waals surface area (Å²) in [6.07, 6.45) is 2.89. The van der Waals surface area contributed by atoms with Gasteiger partial charge in [-0.3, -0.25) is 4.68 Å². The van der Waals surface area contributed by atoms with Gasteiger partial charge in [0.05, 0.1) is 6.61 Å². The van der Waals surface area contributed by atoms with Gasteiger partial charge in [0.25, 0.3) is 0 Å². The van der Waals surface area contributed by atoms with E-state index in [1.807, 2.05) is 29.7 Å².